The highest BCUT2D eigenvalue weighted by Crippen LogP contribution is 2.27. The van der Waals surface area contributed by atoms with Gasteiger partial charge in [-0.1, -0.05) is 39.8 Å². The van der Waals surface area contributed by atoms with E-state index < -0.39 is 19.0 Å². The molecule has 25 heavy (non-hydrogen) atoms. The summed E-state index contributed by atoms with van der Waals surface area (Å²) in [5, 5.41) is 3.54. The summed E-state index contributed by atoms with van der Waals surface area (Å²) in [6.45, 7) is 9.30. The molecular weight excluding hydrogens is 332 g/mol. The normalized spacial score (nSPS) is 17.0. The van der Waals surface area contributed by atoms with Crippen LogP contribution in [0.1, 0.15) is 33.4 Å². The van der Waals surface area contributed by atoms with E-state index in [1.54, 1.807) is 24.3 Å². The van der Waals surface area contributed by atoms with Gasteiger partial charge in [0.1, 0.15) is 0 Å². The van der Waals surface area contributed by atoms with Crippen LogP contribution >= 0.6 is 0 Å². The molecule has 3 rings (SSSR count). The van der Waals surface area contributed by atoms with Crippen molar-refractivity contribution in [3.05, 3.63) is 42.2 Å². The molecule has 1 aromatic heterocycles. The maximum Gasteiger partial charge on any atom is 0.493 e. The average molecular weight is 354 g/mol. The van der Waals surface area contributed by atoms with Crippen LogP contribution in [0.3, 0.4) is 0 Å². The Morgan fingerprint density at radius 2 is 1.60 bits per heavy atom. The number of hydrogen-bond acceptors (Lipinski definition) is 3. The Bertz CT molecular complexity index is 674. The molecule has 8 heteroatoms. The highest BCUT2D eigenvalue weighted by atomic mass is 19.4. The third-order valence-electron chi connectivity index (χ3n) is 3.56. The first kappa shape index (κ1) is 19.5. The zero-order chi connectivity index (χ0) is 18.7. The fourth-order valence-corrected chi connectivity index (χ4v) is 2.29. The van der Waals surface area contributed by atoms with Gasteiger partial charge in [-0.2, -0.15) is 18.3 Å². The summed E-state index contributed by atoms with van der Waals surface area (Å²) in [6.07, 6.45) is -3.16. The second-order valence-corrected chi connectivity index (χ2v) is 6.35. The average Bonchev–Trinajstić information content (AvgIpc) is 3.07. The van der Waals surface area contributed by atoms with Gasteiger partial charge in [-0.3, -0.25) is 0 Å². The first-order chi connectivity index (χ1) is 11.7. The van der Waals surface area contributed by atoms with Crippen LogP contribution in [0.15, 0.2) is 36.5 Å². The molecule has 0 spiro atoms. The van der Waals surface area contributed by atoms with Crippen LogP contribution in [-0.2, 0) is 15.5 Å². The zero-order valence-corrected chi connectivity index (χ0v) is 14.8. The smallest absolute Gasteiger partial charge is 0.407 e. The van der Waals surface area contributed by atoms with Crippen molar-refractivity contribution < 1.29 is 22.5 Å². The Morgan fingerprint density at radius 3 is 2.08 bits per heavy atom. The number of alkyl halides is 3. The quantitative estimate of drug-likeness (QED) is 0.772. The summed E-state index contributed by atoms with van der Waals surface area (Å²) in [5.41, 5.74) is 0.440. The predicted octanol–water partition coefficient (Wildman–Crippen LogP) is 3.69. The van der Waals surface area contributed by atoms with Gasteiger partial charge in [0, 0.05) is 24.8 Å². The summed E-state index contributed by atoms with van der Waals surface area (Å²) in [6, 6.07) is 7.87. The fraction of sp³-hybridized carbons (Fsp3) is 0.471. The summed E-state index contributed by atoms with van der Waals surface area (Å²) < 4.78 is 50.3. The third-order valence-corrected chi connectivity index (χ3v) is 3.56. The maximum absolute atomic E-state index is 12.6. The van der Waals surface area contributed by atoms with Crippen molar-refractivity contribution in [2.75, 3.05) is 13.2 Å². The van der Waals surface area contributed by atoms with Crippen LogP contribution in [0.2, 0.25) is 0 Å². The Hall–Kier alpha value is -1.80. The molecule has 0 unspecified atom stereocenters. The molecule has 0 bridgehead atoms. The lowest BCUT2D eigenvalue weighted by molar-refractivity contribution is -0.141. The van der Waals surface area contributed by atoms with Gasteiger partial charge >= 0.3 is 13.3 Å². The van der Waals surface area contributed by atoms with E-state index >= 15 is 0 Å². The Kier molecular flexibility index (Phi) is 5.95. The topological polar surface area (TPSA) is 36.3 Å². The predicted molar refractivity (Wildman–Crippen MR) is 91.0 cm³/mol. The lowest BCUT2D eigenvalue weighted by Gasteiger charge is -2.33. The van der Waals surface area contributed by atoms with Gasteiger partial charge in [-0.25, -0.2) is 4.68 Å². The van der Waals surface area contributed by atoms with Gasteiger partial charge in [-0.15, -0.1) is 0 Å². The molecule has 0 atom stereocenters. The van der Waals surface area contributed by atoms with Crippen molar-refractivity contribution in [1.29, 1.82) is 0 Å². The molecule has 0 aliphatic carbocycles. The lowest BCUT2D eigenvalue weighted by Crippen LogP contribution is -2.47. The SMILES string of the molecule is CC.CC1(C)COB(c2ccc(-n3ccc(C(F)(F)F)n3)cc2)OC1. The summed E-state index contributed by atoms with van der Waals surface area (Å²) in [7, 11) is -0.444. The summed E-state index contributed by atoms with van der Waals surface area (Å²) in [5.74, 6) is 0. The second kappa shape index (κ2) is 7.62. The van der Waals surface area contributed by atoms with E-state index in [0.29, 0.717) is 18.9 Å². The van der Waals surface area contributed by atoms with Gasteiger partial charge < -0.3 is 9.31 Å². The first-order valence-electron chi connectivity index (χ1n) is 8.21. The van der Waals surface area contributed by atoms with Crippen molar-refractivity contribution in [3.8, 4) is 5.69 Å². The van der Waals surface area contributed by atoms with Gasteiger partial charge in [-0.05, 0) is 23.7 Å². The van der Waals surface area contributed by atoms with Crippen molar-refractivity contribution >= 4 is 12.6 Å². The molecule has 0 saturated carbocycles. The van der Waals surface area contributed by atoms with Crippen molar-refractivity contribution in [3.63, 3.8) is 0 Å². The number of halogens is 3. The number of rotatable bonds is 2. The molecule has 1 aliphatic heterocycles. The Labute approximate surface area is 146 Å². The molecule has 1 aliphatic rings. The van der Waals surface area contributed by atoms with E-state index in [2.05, 4.69) is 18.9 Å². The van der Waals surface area contributed by atoms with Crippen molar-refractivity contribution in [2.45, 2.75) is 33.9 Å². The fourth-order valence-electron chi connectivity index (χ4n) is 2.29. The van der Waals surface area contributed by atoms with Crippen LogP contribution in [0.5, 0.6) is 0 Å². The minimum atomic E-state index is -4.44. The molecule has 0 amide bonds. The zero-order valence-electron chi connectivity index (χ0n) is 14.8. The van der Waals surface area contributed by atoms with Crippen LogP contribution in [0.25, 0.3) is 5.69 Å². The van der Waals surface area contributed by atoms with E-state index in [1.165, 1.54) is 10.9 Å². The molecule has 4 nitrogen and oxygen atoms in total. The minimum absolute atomic E-state index is 0.0144. The molecule has 1 aromatic carbocycles. The number of aromatic nitrogens is 2. The highest BCUT2D eigenvalue weighted by molar-refractivity contribution is 6.61. The van der Waals surface area contributed by atoms with E-state index in [9.17, 15) is 13.2 Å². The molecule has 1 fully saturated rings. The second-order valence-electron chi connectivity index (χ2n) is 6.35. The van der Waals surface area contributed by atoms with Gasteiger partial charge in [0.25, 0.3) is 0 Å². The summed E-state index contributed by atoms with van der Waals surface area (Å²) in [4.78, 5) is 0. The molecule has 0 radical (unpaired) electrons. The minimum Gasteiger partial charge on any atom is -0.407 e. The number of nitrogens with zero attached hydrogens (tertiary/aromatic N) is 2. The maximum atomic E-state index is 12.6. The van der Waals surface area contributed by atoms with E-state index in [1.807, 2.05) is 13.8 Å². The molecule has 2 heterocycles. The van der Waals surface area contributed by atoms with Gasteiger partial charge in [0.05, 0.1) is 5.69 Å². The summed E-state index contributed by atoms with van der Waals surface area (Å²) >= 11 is 0. The number of benzene rings is 1. The van der Waals surface area contributed by atoms with Crippen LogP contribution in [0, 0.1) is 5.41 Å². The van der Waals surface area contributed by atoms with Gasteiger partial charge in [0.2, 0.25) is 0 Å². The van der Waals surface area contributed by atoms with Crippen LogP contribution in [-0.4, -0.2) is 30.1 Å². The molecule has 0 N–H and O–H groups in total. The third kappa shape index (κ3) is 4.86. The standard InChI is InChI=1S/C15H16BF3N2O2.C2H6/c1-14(2)9-22-16(23-10-14)11-3-5-12(6-4-11)21-8-7-13(20-21)15(17,18)19;1-2/h3-8H,9-10H2,1-2H3;1-2H3. The van der Waals surface area contributed by atoms with Crippen LogP contribution in [0.4, 0.5) is 13.2 Å². The number of hydrogen-bond donors (Lipinski definition) is 0. The molecular formula is C17H22BF3N2O2. The van der Waals surface area contributed by atoms with E-state index in [-0.39, 0.29) is 5.41 Å². The molecule has 1 saturated heterocycles. The Balaban J connectivity index is 0.00000109. The van der Waals surface area contributed by atoms with Gasteiger partial charge in [0.15, 0.2) is 5.69 Å². The monoisotopic (exact) mass is 354 g/mol. The Morgan fingerprint density at radius 1 is 1.04 bits per heavy atom. The van der Waals surface area contributed by atoms with Crippen molar-refractivity contribution in [2.24, 2.45) is 5.41 Å². The lowest BCUT2D eigenvalue weighted by atomic mass is 9.76. The first-order valence-corrected chi connectivity index (χ1v) is 8.21. The van der Waals surface area contributed by atoms with Crippen molar-refractivity contribution in [1.82, 2.24) is 9.78 Å². The molecule has 2 aromatic rings. The highest BCUT2D eigenvalue weighted by Gasteiger charge is 2.34. The van der Waals surface area contributed by atoms with E-state index in [4.69, 9.17) is 9.31 Å². The molecule has 136 valence electrons. The largest absolute Gasteiger partial charge is 0.493 e. The van der Waals surface area contributed by atoms with E-state index in [0.717, 1.165) is 11.5 Å². The van der Waals surface area contributed by atoms with Crippen LogP contribution < -0.4 is 5.46 Å².